The third-order valence-corrected chi connectivity index (χ3v) is 6.20. The van der Waals surface area contributed by atoms with Gasteiger partial charge in [-0.3, -0.25) is 14.2 Å². The first-order chi connectivity index (χ1) is 16.0. The zero-order valence-corrected chi connectivity index (χ0v) is 19.4. The van der Waals surface area contributed by atoms with Crippen LogP contribution in [-0.4, -0.2) is 22.0 Å². The minimum atomic E-state index is -0.451. The molecule has 5 nitrogen and oxygen atoms in total. The molecule has 0 aliphatic rings. The zero-order valence-electron chi connectivity index (χ0n) is 17.8. The first kappa shape index (κ1) is 23.0. The lowest BCUT2D eigenvalue weighted by Gasteiger charge is -2.14. The van der Waals surface area contributed by atoms with E-state index in [0.717, 1.165) is 12.0 Å². The molecule has 0 saturated heterocycles. The van der Waals surface area contributed by atoms with Gasteiger partial charge >= 0.3 is 0 Å². The molecule has 0 radical (unpaired) electrons. The lowest BCUT2D eigenvalue weighted by Crippen LogP contribution is -2.25. The van der Waals surface area contributed by atoms with E-state index in [2.05, 4.69) is 5.32 Å². The molecule has 4 aromatic rings. The summed E-state index contributed by atoms with van der Waals surface area (Å²) in [7, 11) is 0. The largest absolute Gasteiger partial charge is 0.352 e. The highest BCUT2D eigenvalue weighted by Crippen LogP contribution is 2.26. The van der Waals surface area contributed by atoms with Gasteiger partial charge in [-0.2, -0.15) is 0 Å². The Kier molecular flexibility index (Phi) is 7.11. The van der Waals surface area contributed by atoms with Gasteiger partial charge in [0.2, 0.25) is 0 Å². The number of thioether (sulfide) groups is 1. The van der Waals surface area contributed by atoms with E-state index in [1.807, 2.05) is 25.1 Å². The maximum Gasteiger partial charge on any atom is 0.266 e. The molecule has 0 unspecified atom stereocenters. The Labute approximate surface area is 199 Å². The summed E-state index contributed by atoms with van der Waals surface area (Å²) in [6, 6.07) is 18.1. The number of rotatable bonds is 7. The molecule has 1 aromatic heterocycles. The number of nitrogens with zero attached hydrogens (tertiary/aromatic N) is 2. The van der Waals surface area contributed by atoms with Gasteiger partial charge in [0, 0.05) is 22.9 Å². The fourth-order valence-corrected chi connectivity index (χ4v) is 4.53. The second-order valence-corrected chi connectivity index (χ2v) is 8.80. The summed E-state index contributed by atoms with van der Waals surface area (Å²) in [6.45, 7) is 2.53. The monoisotopic (exact) mass is 481 g/mol. The molecule has 0 aliphatic heterocycles. The van der Waals surface area contributed by atoms with Crippen molar-refractivity contribution in [2.24, 2.45) is 0 Å². The van der Waals surface area contributed by atoms with Gasteiger partial charge in [0.05, 0.1) is 16.6 Å². The summed E-state index contributed by atoms with van der Waals surface area (Å²) in [6.07, 6.45) is 0.820. The number of fused-ring (bicyclic) bond motifs is 1. The molecule has 4 rings (SSSR count). The minimum absolute atomic E-state index is 0.219. The average molecular weight is 482 g/mol. The fourth-order valence-electron chi connectivity index (χ4n) is 3.36. The average Bonchev–Trinajstić information content (AvgIpc) is 2.81. The molecule has 33 heavy (non-hydrogen) atoms. The number of amides is 1. The van der Waals surface area contributed by atoms with E-state index in [1.165, 1.54) is 28.5 Å². The third-order valence-electron chi connectivity index (χ3n) is 4.96. The Morgan fingerprint density at radius 1 is 1.12 bits per heavy atom. The molecule has 1 heterocycles. The van der Waals surface area contributed by atoms with Crippen LogP contribution in [0.4, 0.5) is 4.39 Å². The predicted molar refractivity (Wildman–Crippen MR) is 131 cm³/mol. The van der Waals surface area contributed by atoms with Crippen molar-refractivity contribution in [2.75, 3.05) is 6.54 Å². The molecule has 0 bridgehead atoms. The fraction of sp³-hybridized carbons (Fsp3) is 0.160. The zero-order chi connectivity index (χ0) is 23.4. The van der Waals surface area contributed by atoms with Crippen molar-refractivity contribution in [3.63, 3.8) is 0 Å². The van der Waals surface area contributed by atoms with Crippen molar-refractivity contribution in [1.29, 1.82) is 0 Å². The van der Waals surface area contributed by atoms with E-state index in [1.54, 1.807) is 36.4 Å². The van der Waals surface area contributed by atoms with Gasteiger partial charge in [0.15, 0.2) is 5.16 Å². The van der Waals surface area contributed by atoms with Gasteiger partial charge in [-0.1, -0.05) is 48.5 Å². The molecule has 0 atom stereocenters. The summed E-state index contributed by atoms with van der Waals surface area (Å²) in [5.41, 5.74) is 1.84. The molecule has 0 spiro atoms. The normalized spacial score (nSPS) is 11.0. The van der Waals surface area contributed by atoms with E-state index in [9.17, 15) is 14.0 Å². The summed E-state index contributed by atoms with van der Waals surface area (Å²) in [5, 5.41) is 4.18. The lowest BCUT2D eigenvalue weighted by molar-refractivity contribution is 0.0954. The van der Waals surface area contributed by atoms with Crippen LogP contribution in [0.15, 0.2) is 76.7 Å². The van der Waals surface area contributed by atoms with E-state index in [4.69, 9.17) is 16.6 Å². The maximum atomic E-state index is 14.0. The van der Waals surface area contributed by atoms with E-state index >= 15 is 0 Å². The highest BCUT2D eigenvalue weighted by Gasteiger charge is 2.16. The van der Waals surface area contributed by atoms with Gasteiger partial charge in [-0.15, -0.1) is 0 Å². The smallest absolute Gasteiger partial charge is 0.266 e. The molecule has 1 N–H and O–H groups in total. The number of benzene rings is 3. The van der Waals surface area contributed by atoms with Crippen molar-refractivity contribution in [3.8, 4) is 5.69 Å². The summed E-state index contributed by atoms with van der Waals surface area (Å²) < 4.78 is 15.4. The van der Waals surface area contributed by atoms with Gasteiger partial charge in [0.25, 0.3) is 11.5 Å². The number of hydrogen-bond donors (Lipinski definition) is 1. The number of hydrogen-bond acceptors (Lipinski definition) is 4. The van der Waals surface area contributed by atoms with Gasteiger partial charge < -0.3 is 5.32 Å². The number of halogens is 2. The van der Waals surface area contributed by atoms with Crippen LogP contribution in [0, 0.1) is 5.82 Å². The molecule has 168 valence electrons. The van der Waals surface area contributed by atoms with Gasteiger partial charge in [-0.25, -0.2) is 9.37 Å². The van der Waals surface area contributed by atoms with Crippen LogP contribution < -0.4 is 10.9 Å². The second kappa shape index (κ2) is 10.2. The molecular weight excluding hydrogens is 461 g/mol. The Morgan fingerprint density at radius 2 is 1.94 bits per heavy atom. The molecule has 0 fully saturated rings. The van der Waals surface area contributed by atoms with E-state index in [-0.39, 0.29) is 11.5 Å². The van der Waals surface area contributed by atoms with Gasteiger partial charge in [-0.05, 0) is 60.5 Å². The first-order valence-electron chi connectivity index (χ1n) is 10.4. The van der Waals surface area contributed by atoms with Crippen molar-refractivity contribution < 1.29 is 9.18 Å². The Bertz CT molecular complexity index is 1390. The van der Waals surface area contributed by atoms with Gasteiger partial charge in [0.1, 0.15) is 5.82 Å². The van der Waals surface area contributed by atoms with Crippen molar-refractivity contribution >= 4 is 40.2 Å². The van der Waals surface area contributed by atoms with Crippen LogP contribution in [0.1, 0.15) is 29.3 Å². The molecule has 3 aromatic carbocycles. The highest BCUT2D eigenvalue weighted by atomic mass is 35.5. The Morgan fingerprint density at radius 3 is 2.70 bits per heavy atom. The van der Waals surface area contributed by atoms with Crippen LogP contribution in [0.3, 0.4) is 0 Å². The lowest BCUT2D eigenvalue weighted by atomic mass is 10.1. The van der Waals surface area contributed by atoms with Crippen LogP contribution in [0.2, 0.25) is 5.02 Å². The summed E-state index contributed by atoms with van der Waals surface area (Å²) >= 11 is 7.43. The topological polar surface area (TPSA) is 64.0 Å². The molecule has 1 amide bonds. The number of carbonyl (C=O) groups excluding carboxylic acids is 1. The quantitative estimate of drug-likeness (QED) is 0.275. The Balaban J connectivity index is 1.82. The number of nitrogens with one attached hydrogen (secondary N) is 1. The first-order valence-corrected chi connectivity index (χ1v) is 11.8. The molecular formula is C25H21ClFN3O2S. The van der Waals surface area contributed by atoms with Crippen LogP contribution in [0.5, 0.6) is 0 Å². The molecule has 0 aliphatic carbocycles. The van der Waals surface area contributed by atoms with E-state index in [0.29, 0.717) is 44.6 Å². The second-order valence-electron chi connectivity index (χ2n) is 7.42. The third kappa shape index (κ3) is 5.26. The molecule has 8 heteroatoms. The predicted octanol–water partition coefficient (Wildman–Crippen LogP) is 5.61. The van der Waals surface area contributed by atoms with Crippen LogP contribution >= 0.6 is 23.4 Å². The maximum absolute atomic E-state index is 14.0. The summed E-state index contributed by atoms with van der Waals surface area (Å²) in [4.78, 5) is 30.5. The number of carbonyl (C=O) groups is 1. The van der Waals surface area contributed by atoms with Crippen molar-refractivity contribution in [2.45, 2.75) is 24.3 Å². The standard InChI is InChI=1S/C25H21ClFN3O2S/c1-2-11-28-23(31)17-9-10-21-22(13-17)29-25(33-15-16-5-3-6-18(26)12-16)30(24(21)32)20-8-4-7-19(27)14-20/h3-10,12-14H,2,11,15H2,1H3,(H,28,31). The SMILES string of the molecule is CCCNC(=O)c1ccc2c(=O)n(-c3cccc(F)c3)c(SCc3cccc(Cl)c3)nc2c1. The van der Waals surface area contributed by atoms with Crippen LogP contribution in [0.25, 0.3) is 16.6 Å². The molecule has 0 saturated carbocycles. The van der Waals surface area contributed by atoms with E-state index < -0.39 is 5.82 Å². The number of aromatic nitrogens is 2. The highest BCUT2D eigenvalue weighted by molar-refractivity contribution is 7.98. The van der Waals surface area contributed by atoms with Crippen molar-refractivity contribution in [3.05, 3.63) is 99.1 Å². The minimum Gasteiger partial charge on any atom is -0.352 e. The Hall–Kier alpha value is -3.16. The van der Waals surface area contributed by atoms with Crippen LogP contribution in [-0.2, 0) is 5.75 Å². The van der Waals surface area contributed by atoms with Crippen molar-refractivity contribution in [1.82, 2.24) is 14.9 Å². The summed E-state index contributed by atoms with van der Waals surface area (Å²) in [5.74, 6) is -0.166.